The molecule has 20 heavy (non-hydrogen) atoms. The topological polar surface area (TPSA) is 54.4 Å². The molecule has 0 amide bonds. The van der Waals surface area contributed by atoms with Gasteiger partial charge in [0.1, 0.15) is 4.88 Å². The summed E-state index contributed by atoms with van der Waals surface area (Å²) in [5.74, 6) is -0.758. The Labute approximate surface area is 132 Å². The lowest BCUT2D eigenvalue weighted by Gasteiger charge is -2.05. The van der Waals surface area contributed by atoms with Gasteiger partial charge in [0.25, 0.3) is 0 Å². The number of thiophene rings is 1. The molecule has 2 aromatic rings. The number of aryl methyl sites for hydroxylation is 1. The van der Waals surface area contributed by atoms with Crippen molar-refractivity contribution in [1.82, 2.24) is 0 Å². The number of rotatable bonds is 4. The molecule has 0 spiro atoms. The van der Waals surface area contributed by atoms with Crippen LogP contribution in [-0.4, -0.2) is 15.3 Å². The van der Waals surface area contributed by atoms with Gasteiger partial charge in [-0.25, -0.2) is 4.79 Å². The van der Waals surface area contributed by atoms with Crippen LogP contribution in [0.3, 0.4) is 0 Å². The van der Waals surface area contributed by atoms with Crippen molar-refractivity contribution < 1.29 is 14.1 Å². The van der Waals surface area contributed by atoms with E-state index in [-0.39, 0.29) is 10.6 Å². The number of halogens is 2. The summed E-state index contributed by atoms with van der Waals surface area (Å²) in [7, 11) is -1.37. The van der Waals surface area contributed by atoms with Crippen LogP contribution in [0.4, 0.5) is 0 Å². The van der Waals surface area contributed by atoms with Crippen LogP contribution in [0.15, 0.2) is 29.2 Å². The minimum absolute atomic E-state index is 0.218. The van der Waals surface area contributed by atoms with Crippen molar-refractivity contribution in [2.75, 3.05) is 0 Å². The highest BCUT2D eigenvalue weighted by Crippen LogP contribution is 2.28. The maximum Gasteiger partial charge on any atom is 0.345 e. The first-order valence-corrected chi connectivity index (χ1v) is 8.43. The van der Waals surface area contributed by atoms with Crippen LogP contribution < -0.4 is 0 Å². The fraction of sp³-hybridized carbons (Fsp3) is 0.154. The number of hydrogen-bond acceptors (Lipinski definition) is 3. The summed E-state index contributed by atoms with van der Waals surface area (Å²) in [6.45, 7) is 1.81. The Hall–Kier alpha value is -0.880. The Morgan fingerprint density at radius 3 is 2.65 bits per heavy atom. The first-order valence-electron chi connectivity index (χ1n) is 5.54. The third kappa shape index (κ3) is 3.41. The van der Waals surface area contributed by atoms with Crippen molar-refractivity contribution in [3.63, 3.8) is 0 Å². The second kappa shape index (κ2) is 6.26. The van der Waals surface area contributed by atoms with Gasteiger partial charge in [-0.15, -0.1) is 11.3 Å². The van der Waals surface area contributed by atoms with Crippen molar-refractivity contribution in [1.29, 1.82) is 0 Å². The lowest BCUT2D eigenvalue weighted by molar-refractivity contribution is 0.0702. The Bertz CT molecular complexity index is 695. The van der Waals surface area contributed by atoms with Crippen molar-refractivity contribution >= 4 is 51.3 Å². The van der Waals surface area contributed by atoms with Crippen LogP contribution in [0.2, 0.25) is 10.0 Å². The van der Waals surface area contributed by atoms with Gasteiger partial charge in [0, 0.05) is 9.90 Å². The highest BCUT2D eigenvalue weighted by atomic mass is 35.5. The van der Waals surface area contributed by atoms with Gasteiger partial charge in [0.2, 0.25) is 0 Å². The summed E-state index contributed by atoms with van der Waals surface area (Å²) < 4.78 is 12.3. The molecule has 106 valence electrons. The molecule has 3 nitrogen and oxygen atoms in total. The molecule has 1 aromatic heterocycles. The van der Waals surface area contributed by atoms with Gasteiger partial charge < -0.3 is 5.11 Å². The lowest BCUT2D eigenvalue weighted by Crippen LogP contribution is -1.98. The first-order chi connectivity index (χ1) is 9.38. The van der Waals surface area contributed by atoms with E-state index >= 15 is 0 Å². The normalized spacial score (nSPS) is 12.3. The molecule has 1 atom stereocenters. The Kier molecular flexibility index (Phi) is 4.86. The molecular weight excluding hydrogens is 339 g/mol. The van der Waals surface area contributed by atoms with Gasteiger partial charge in [0.05, 0.1) is 26.5 Å². The maximum absolute atomic E-state index is 12.3. The van der Waals surface area contributed by atoms with Crippen LogP contribution in [0.5, 0.6) is 0 Å². The van der Waals surface area contributed by atoms with Crippen molar-refractivity contribution in [3.8, 4) is 0 Å². The minimum atomic E-state index is -1.37. The van der Waals surface area contributed by atoms with E-state index in [9.17, 15) is 9.00 Å². The summed E-state index contributed by atoms with van der Waals surface area (Å²) in [6, 6.07) is 6.35. The monoisotopic (exact) mass is 348 g/mol. The number of benzene rings is 1. The van der Waals surface area contributed by atoms with Crippen LogP contribution in [0, 0.1) is 6.92 Å². The molecule has 0 saturated carbocycles. The third-order valence-corrected chi connectivity index (χ3v) is 5.82. The molecule has 0 aliphatic heterocycles. The molecule has 7 heteroatoms. The molecule has 0 aliphatic rings. The van der Waals surface area contributed by atoms with E-state index in [0.717, 1.165) is 10.4 Å². The average Bonchev–Trinajstić information content (AvgIpc) is 2.74. The number of carboxylic acids is 1. The fourth-order valence-corrected chi connectivity index (χ4v) is 4.51. The maximum atomic E-state index is 12.3. The zero-order valence-electron chi connectivity index (χ0n) is 10.4. The van der Waals surface area contributed by atoms with E-state index in [1.807, 2.05) is 6.92 Å². The Balaban J connectivity index is 2.28. The number of carbonyl (C=O) groups is 1. The predicted octanol–water partition coefficient (Wildman–Crippen LogP) is 4.37. The van der Waals surface area contributed by atoms with E-state index in [1.54, 1.807) is 24.3 Å². The Morgan fingerprint density at radius 1 is 1.35 bits per heavy atom. The van der Waals surface area contributed by atoms with Crippen LogP contribution in [0.25, 0.3) is 0 Å². The molecule has 1 unspecified atom stereocenters. The molecule has 0 saturated heterocycles. The van der Waals surface area contributed by atoms with Gasteiger partial charge in [0.15, 0.2) is 0 Å². The quantitative estimate of drug-likeness (QED) is 0.892. The van der Waals surface area contributed by atoms with E-state index in [4.69, 9.17) is 28.3 Å². The van der Waals surface area contributed by atoms with Crippen molar-refractivity contribution in [3.05, 3.63) is 49.6 Å². The van der Waals surface area contributed by atoms with E-state index in [2.05, 4.69) is 0 Å². The van der Waals surface area contributed by atoms with Gasteiger partial charge in [-0.05, 0) is 36.8 Å². The van der Waals surface area contributed by atoms with Crippen molar-refractivity contribution in [2.24, 2.45) is 0 Å². The molecule has 1 heterocycles. The number of aromatic carboxylic acids is 1. The fourth-order valence-electron chi connectivity index (χ4n) is 1.64. The average molecular weight is 349 g/mol. The molecule has 0 radical (unpaired) electrons. The van der Waals surface area contributed by atoms with Crippen LogP contribution >= 0.6 is 34.5 Å². The standard InChI is InChI=1S/C13H10Cl2O3S2/c1-7-8(4-11(19-7)13(16)17)6-20(18)12-5-9(14)2-3-10(12)15/h2-5H,6H2,1H3,(H,16,17). The van der Waals surface area contributed by atoms with Gasteiger partial charge in [-0.2, -0.15) is 0 Å². The van der Waals surface area contributed by atoms with Gasteiger partial charge in [-0.1, -0.05) is 23.2 Å². The summed E-state index contributed by atoms with van der Waals surface area (Å²) in [4.78, 5) is 12.5. The zero-order chi connectivity index (χ0) is 14.9. The predicted molar refractivity (Wildman–Crippen MR) is 82.6 cm³/mol. The number of hydrogen-bond donors (Lipinski definition) is 1. The highest BCUT2D eigenvalue weighted by molar-refractivity contribution is 7.84. The summed E-state index contributed by atoms with van der Waals surface area (Å²) in [5, 5.41) is 9.80. The van der Waals surface area contributed by atoms with Crippen LogP contribution in [-0.2, 0) is 16.6 Å². The smallest absolute Gasteiger partial charge is 0.345 e. The SMILES string of the molecule is Cc1sc(C(=O)O)cc1CS(=O)c1cc(Cl)ccc1Cl. The van der Waals surface area contributed by atoms with Gasteiger partial charge >= 0.3 is 5.97 Å². The zero-order valence-corrected chi connectivity index (χ0v) is 13.5. The van der Waals surface area contributed by atoms with Gasteiger partial charge in [-0.3, -0.25) is 4.21 Å². The second-order valence-electron chi connectivity index (χ2n) is 4.06. The second-order valence-corrected chi connectivity index (χ2v) is 7.58. The minimum Gasteiger partial charge on any atom is -0.477 e. The molecule has 1 N–H and O–H groups in total. The Morgan fingerprint density at radius 2 is 2.05 bits per heavy atom. The molecule has 0 aliphatic carbocycles. The van der Waals surface area contributed by atoms with E-state index in [1.165, 1.54) is 11.3 Å². The largest absolute Gasteiger partial charge is 0.477 e. The molecular formula is C13H10Cl2O3S2. The van der Waals surface area contributed by atoms with E-state index < -0.39 is 16.8 Å². The third-order valence-electron chi connectivity index (χ3n) is 2.66. The molecule has 0 fully saturated rings. The van der Waals surface area contributed by atoms with Crippen molar-refractivity contribution in [2.45, 2.75) is 17.6 Å². The molecule has 2 rings (SSSR count). The summed E-state index contributed by atoms with van der Waals surface area (Å²) in [6.07, 6.45) is 0. The van der Waals surface area contributed by atoms with E-state index in [0.29, 0.717) is 14.9 Å². The van der Waals surface area contributed by atoms with Crippen LogP contribution in [0.1, 0.15) is 20.1 Å². The first kappa shape index (κ1) is 15.5. The molecule has 0 bridgehead atoms. The summed E-state index contributed by atoms with van der Waals surface area (Å²) in [5.41, 5.74) is 0.752. The highest BCUT2D eigenvalue weighted by Gasteiger charge is 2.16. The summed E-state index contributed by atoms with van der Waals surface area (Å²) >= 11 is 13.1. The molecule has 1 aromatic carbocycles. The number of carboxylic acid groups (broad SMARTS) is 1. The lowest BCUT2D eigenvalue weighted by atomic mass is 10.3.